The van der Waals surface area contributed by atoms with Crippen LogP contribution in [0.5, 0.6) is 0 Å². The van der Waals surface area contributed by atoms with Gasteiger partial charge in [0.05, 0.1) is 5.41 Å². The van der Waals surface area contributed by atoms with Crippen molar-refractivity contribution >= 4 is 29.1 Å². The van der Waals surface area contributed by atoms with E-state index in [1.807, 2.05) is 6.92 Å². The molecule has 1 amide bonds. The second kappa shape index (κ2) is 4.48. The Morgan fingerprint density at radius 1 is 1.60 bits per heavy atom. The van der Waals surface area contributed by atoms with Gasteiger partial charge in [0.2, 0.25) is 5.91 Å². The highest BCUT2D eigenvalue weighted by molar-refractivity contribution is 6.53. The lowest BCUT2D eigenvalue weighted by Crippen LogP contribution is -2.39. The molecule has 2 unspecified atom stereocenters. The molecule has 0 spiro atoms. The van der Waals surface area contributed by atoms with E-state index in [1.165, 1.54) is 0 Å². The van der Waals surface area contributed by atoms with Crippen molar-refractivity contribution < 1.29 is 9.90 Å². The molecule has 1 rings (SSSR count). The van der Waals surface area contributed by atoms with Crippen LogP contribution in [0.15, 0.2) is 0 Å². The highest BCUT2D eigenvalue weighted by Crippen LogP contribution is 2.63. The van der Waals surface area contributed by atoms with Gasteiger partial charge in [0.15, 0.2) is 0 Å². The summed E-state index contributed by atoms with van der Waals surface area (Å²) in [6.07, 6.45) is 1.95. The number of aliphatic hydroxyl groups excluding tert-OH is 1. The van der Waals surface area contributed by atoms with E-state index in [9.17, 15) is 4.79 Å². The van der Waals surface area contributed by atoms with E-state index in [2.05, 4.69) is 5.32 Å². The topological polar surface area (TPSA) is 49.3 Å². The Kier molecular flexibility index (Phi) is 3.90. The first kappa shape index (κ1) is 13.1. The minimum absolute atomic E-state index is 0.0474. The number of hydrogen-bond donors (Lipinski definition) is 2. The zero-order valence-corrected chi connectivity index (χ0v) is 10.5. The van der Waals surface area contributed by atoms with Crippen LogP contribution in [0.25, 0.3) is 0 Å². The van der Waals surface area contributed by atoms with Gasteiger partial charge >= 0.3 is 0 Å². The maximum Gasteiger partial charge on any atom is 0.229 e. The van der Waals surface area contributed by atoms with Crippen molar-refractivity contribution in [1.82, 2.24) is 5.32 Å². The summed E-state index contributed by atoms with van der Waals surface area (Å²) in [6.45, 7) is 3.82. The quantitative estimate of drug-likeness (QED) is 0.735. The fourth-order valence-corrected chi connectivity index (χ4v) is 2.21. The number of carbonyl (C=O) groups excluding carboxylic acids is 1. The van der Waals surface area contributed by atoms with Crippen LogP contribution < -0.4 is 5.32 Å². The van der Waals surface area contributed by atoms with Gasteiger partial charge in [-0.15, -0.1) is 23.2 Å². The molecule has 1 aliphatic carbocycles. The Morgan fingerprint density at radius 2 is 2.13 bits per heavy atom. The van der Waals surface area contributed by atoms with E-state index in [0.29, 0.717) is 12.8 Å². The van der Waals surface area contributed by atoms with Gasteiger partial charge in [-0.05, 0) is 33.1 Å². The SMILES string of the molecule is CC(CCCO)NC(=O)C1(C)CC1(Cl)Cl. The lowest BCUT2D eigenvalue weighted by atomic mass is 10.1. The Morgan fingerprint density at radius 3 is 2.53 bits per heavy atom. The molecule has 0 aliphatic heterocycles. The predicted molar refractivity (Wildman–Crippen MR) is 61.1 cm³/mol. The molecule has 0 aromatic carbocycles. The van der Waals surface area contributed by atoms with Crippen molar-refractivity contribution in [3.63, 3.8) is 0 Å². The van der Waals surface area contributed by atoms with Crippen LogP contribution >= 0.6 is 23.2 Å². The normalized spacial score (nSPS) is 29.7. The van der Waals surface area contributed by atoms with Crippen LogP contribution in [0.1, 0.15) is 33.1 Å². The highest BCUT2D eigenvalue weighted by atomic mass is 35.5. The van der Waals surface area contributed by atoms with Crippen LogP contribution in [-0.4, -0.2) is 28.0 Å². The average molecular weight is 254 g/mol. The van der Waals surface area contributed by atoms with E-state index >= 15 is 0 Å². The Balaban J connectivity index is 2.37. The van der Waals surface area contributed by atoms with Crippen molar-refractivity contribution in [3.05, 3.63) is 0 Å². The fraction of sp³-hybridized carbons (Fsp3) is 0.900. The van der Waals surface area contributed by atoms with E-state index in [0.717, 1.165) is 6.42 Å². The van der Waals surface area contributed by atoms with E-state index in [-0.39, 0.29) is 18.6 Å². The summed E-state index contributed by atoms with van der Waals surface area (Å²) in [5.74, 6) is -0.0991. The van der Waals surface area contributed by atoms with E-state index < -0.39 is 9.75 Å². The smallest absolute Gasteiger partial charge is 0.229 e. The van der Waals surface area contributed by atoms with Crippen molar-refractivity contribution in [3.8, 4) is 0 Å². The molecule has 0 aromatic rings. The molecule has 2 atom stereocenters. The summed E-state index contributed by atoms with van der Waals surface area (Å²) in [7, 11) is 0. The summed E-state index contributed by atoms with van der Waals surface area (Å²) >= 11 is 11.8. The van der Waals surface area contributed by atoms with Crippen molar-refractivity contribution in [2.24, 2.45) is 5.41 Å². The van der Waals surface area contributed by atoms with Crippen LogP contribution in [0.2, 0.25) is 0 Å². The summed E-state index contributed by atoms with van der Waals surface area (Å²) in [6, 6.07) is 0.0474. The highest BCUT2D eigenvalue weighted by Gasteiger charge is 2.67. The number of nitrogens with one attached hydrogen (secondary N) is 1. The van der Waals surface area contributed by atoms with Gasteiger partial charge in [0.1, 0.15) is 4.33 Å². The largest absolute Gasteiger partial charge is 0.396 e. The summed E-state index contributed by atoms with van der Waals surface area (Å²) in [5, 5.41) is 11.5. The number of alkyl halides is 2. The van der Waals surface area contributed by atoms with E-state index in [1.54, 1.807) is 6.92 Å². The Labute approximate surface area is 100 Å². The first-order chi connectivity index (χ1) is 6.83. The molecule has 5 heteroatoms. The zero-order chi connectivity index (χ0) is 11.7. The predicted octanol–water partition coefficient (Wildman–Crippen LogP) is 1.85. The lowest BCUT2D eigenvalue weighted by Gasteiger charge is -2.17. The third-order valence-electron chi connectivity index (χ3n) is 2.93. The number of carbonyl (C=O) groups is 1. The first-order valence-electron chi connectivity index (χ1n) is 5.13. The van der Waals surface area contributed by atoms with Gasteiger partial charge in [-0.25, -0.2) is 0 Å². The van der Waals surface area contributed by atoms with Crippen LogP contribution in [0.4, 0.5) is 0 Å². The third kappa shape index (κ3) is 2.77. The van der Waals surface area contributed by atoms with Crippen LogP contribution in [0, 0.1) is 5.41 Å². The monoisotopic (exact) mass is 253 g/mol. The van der Waals surface area contributed by atoms with Crippen molar-refractivity contribution in [2.45, 2.75) is 43.5 Å². The van der Waals surface area contributed by atoms with Gasteiger partial charge in [0, 0.05) is 12.6 Å². The molecule has 0 saturated heterocycles. The Hall–Kier alpha value is 0.01000. The van der Waals surface area contributed by atoms with Gasteiger partial charge in [0.25, 0.3) is 0 Å². The molecule has 0 aromatic heterocycles. The van der Waals surface area contributed by atoms with Crippen LogP contribution in [0.3, 0.4) is 0 Å². The molecular weight excluding hydrogens is 237 g/mol. The number of rotatable bonds is 5. The molecule has 3 nitrogen and oxygen atoms in total. The molecule has 0 bridgehead atoms. The van der Waals surface area contributed by atoms with Crippen molar-refractivity contribution in [2.75, 3.05) is 6.61 Å². The molecule has 1 fully saturated rings. The Bertz CT molecular complexity index is 258. The standard InChI is InChI=1S/C10H17Cl2NO2/c1-7(4-3-5-14)13-8(15)9(2)6-10(9,11)12/h7,14H,3-6H2,1-2H3,(H,13,15). The first-order valence-corrected chi connectivity index (χ1v) is 5.89. The molecule has 88 valence electrons. The summed E-state index contributed by atoms with van der Waals surface area (Å²) in [5.41, 5.74) is -0.649. The van der Waals surface area contributed by atoms with Gasteiger partial charge in [-0.1, -0.05) is 0 Å². The molecule has 0 radical (unpaired) electrons. The number of halogens is 2. The summed E-state index contributed by atoms with van der Waals surface area (Å²) < 4.78 is -0.909. The lowest BCUT2D eigenvalue weighted by molar-refractivity contribution is -0.126. The zero-order valence-electron chi connectivity index (χ0n) is 9.02. The van der Waals surface area contributed by atoms with Crippen molar-refractivity contribution in [1.29, 1.82) is 0 Å². The third-order valence-corrected chi connectivity index (χ3v) is 4.03. The van der Waals surface area contributed by atoms with Crippen LogP contribution in [-0.2, 0) is 4.79 Å². The summed E-state index contributed by atoms with van der Waals surface area (Å²) in [4.78, 5) is 11.8. The second-order valence-corrected chi connectivity index (χ2v) is 5.94. The number of hydrogen-bond acceptors (Lipinski definition) is 2. The maximum atomic E-state index is 11.8. The average Bonchev–Trinajstić information content (AvgIpc) is 2.64. The molecule has 0 heterocycles. The van der Waals surface area contributed by atoms with E-state index in [4.69, 9.17) is 28.3 Å². The number of amides is 1. The molecular formula is C10H17Cl2NO2. The molecule has 1 saturated carbocycles. The number of aliphatic hydroxyl groups is 1. The maximum absolute atomic E-state index is 11.8. The molecule has 2 N–H and O–H groups in total. The van der Waals surface area contributed by atoms with Gasteiger partial charge in [-0.2, -0.15) is 0 Å². The fourth-order valence-electron chi connectivity index (χ4n) is 1.50. The molecule has 15 heavy (non-hydrogen) atoms. The molecule has 1 aliphatic rings. The second-order valence-electron chi connectivity index (χ2n) is 4.45. The minimum Gasteiger partial charge on any atom is -0.396 e. The van der Waals surface area contributed by atoms with Gasteiger partial charge in [-0.3, -0.25) is 4.79 Å². The van der Waals surface area contributed by atoms with Gasteiger partial charge < -0.3 is 10.4 Å². The minimum atomic E-state index is -0.909.